The molecule has 0 aromatic rings. The molecular formula is C5H10N2O5. The van der Waals surface area contributed by atoms with Gasteiger partial charge in [0.1, 0.15) is 6.04 Å². The summed E-state index contributed by atoms with van der Waals surface area (Å²) in [5, 5.41) is 8.33. The van der Waals surface area contributed by atoms with Crippen LogP contribution in [-0.2, 0) is 14.7 Å². The van der Waals surface area contributed by atoms with E-state index in [0.29, 0.717) is 0 Å². The van der Waals surface area contributed by atoms with Gasteiger partial charge in [-0.3, -0.25) is 4.89 Å². The van der Waals surface area contributed by atoms with Crippen LogP contribution in [0.15, 0.2) is 0 Å². The van der Waals surface area contributed by atoms with Crippen molar-refractivity contribution >= 4 is 5.97 Å². The van der Waals surface area contributed by atoms with Gasteiger partial charge in [-0.25, -0.2) is 4.79 Å². The lowest BCUT2D eigenvalue weighted by atomic mass is 10.1. The lowest BCUT2D eigenvalue weighted by Gasteiger charge is -2.11. The number of nitrogens with zero attached hydrogens (tertiary/aromatic N) is 1. The van der Waals surface area contributed by atoms with E-state index in [-0.39, 0.29) is 5.92 Å². The Balaban J connectivity index is 3.80. The third kappa shape index (κ3) is 3.71. The lowest BCUT2D eigenvalue weighted by molar-refractivity contribution is -0.839. The number of carbonyl (C=O) groups is 1. The summed E-state index contributed by atoms with van der Waals surface area (Å²) in [5.74, 6) is -1.12. The van der Waals surface area contributed by atoms with Crippen molar-refractivity contribution in [2.45, 2.75) is 19.9 Å². The summed E-state index contributed by atoms with van der Waals surface area (Å²) >= 11 is 0. The van der Waals surface area contributed by atoms with Crippen molar-refractivity contribution < 1.29 is 19.8 Å². The predicted octanol–water partition coefficient (Wildman–Crippen LogP) is -0.364. The van der Waals surface area contributed by atoms with Crippen molar-refractivity contribution in [2.24, 2.45) is 11.7 Å². The average Bonchev–Trinajstić information content (AvgIpc) is 1.98. The molecule has 7 heteroatoms. The van der Waals surface area contributed by atoms with Crippen LogP contribution in [0.1, 0.15) is 13.8 Å². The fraction of sp³-hybridized carbons (Fsp3) is 0.800. The molecule has 0 aromatic carbocycles. The van der Waals surface area contributed by atoms with Crippen LogP contribution in [0.3, 0.4) is 0 Å². The average molecular weight is 178 g/mol. The molecule has 7 nitrogen and oxygen atoms in total. The zero-order valence-electron chi connectivity index (χ0n) is 6.72. The van der Waals surface area contributed by atoms with Crippen LogP contribution in [-0.4, -0.2) is 17.1 Å². The Hall–Kier alpha value is -1.37. The van der Waals surface area contributed by atoms with E-state index < -0.39 is 17.1 Å². The minimum absolute atomic E-state index is 0.159. The molecule has 0 saturated carbocycles. The molecule has 70 valence electrons. The van der Waals surface area contributed by atoms with Gasteiger partial charge in [0.25, 0.3) is 0 Å². The van der Waals surface area contributed by atoms with Gasteiger partial charge in [-0.1, -0.05) is 18.8 Å². The molecule has 0 aliphatic carbocycles. The molecule has 0 heterocycles. The first-order chi connectivity index (χ1) is 5.45. The maximum absolute atomic E-state index is 10.7. The predicted molar refractivity (Wildman–Crippen MR) is 37.0 cm³/mol. The molecule has 2 N–H and O–H groups in total. The van der Waals surface area contributed by atoms with Gasteiger partial charge < -0.3 is 5.73 Å². The van der Waals surface area contributed by atoms with Crippen molar-refractivity contribution in [3.63, 3.8) is 0 Å². The third-order valence-corrected chi connectivity index (χ3v) is 1.17. The van der Waals surface area contributed by atoms with Gasteiger partial charge in [0, 0.05) is 0 Å². The van der Waals surface area contributed by atoms with Gasteiger partial charge in [0.2, 0.25) is 0 Å². The first-order valence-electron chi connectivity index (χ1n) is 3.23. The number of rotatable bonds is 4. The molecule has 1 atom stereocenters. The highest BCUT2D eigenvalue weighted by atomic mass is 17.3. The van der Waals surface area contributed by atoms with E-state index in [1.807, 2.05) is 0 Å². The van der Waals surface area contributed by atoms with E-state index in [1.54, 1.807) is 13.8 Å². The van der Waals surface area contributed by atoms with Crippen molar-refractivity contribution in [1.82, 2.24) is 0 Å². The molecule has 0 aromatic heterocycles. The minimum atomic E-state index is -1.23. The highest BCUT2D eigenvalue weighted by Gasteiger charge is 2.20. The summed E-state index contributed by atoms with van der Waals surface area (Å²) in [5.41, 5.74) is 5.27. The van der Waals surface area contributed by atoms with E-state index in [1.165, 1.54) is 0 Å². The van der Waals surface area contributed by atoms with E-state index in [4.69, 9.17) is 5.73 Å². The summed E-state index contributed by atoms with van der Waals surface area (Å²) in [6.45, 7) is 3.36. The molecular weight excluding hydrogens is 168 g/mol. The zero-order chi connectivity index (χ0) is 9.72. The summed E-state index contributed by atoms with van der Waals surface area (Å²) in [4.78, 5) is 27.4. The Morgan fingerprint density at radius 1 is 1.58 bits per heavy atom. The quantitative estimate of drug-likeness (QED) is 0.358. The molecule has 0 radical (unpaired) electrons. The van der Waals surface area contributed by atoms with Crippen molar-refractivity contribution in [1.29, 1.82) is 0 Å². The standard InChI is InChI=1S/C5H10N2O5/c1-3(2)4(6)5(8)11-12-7(9)10/h3-4H,6H2,1-2H3/t4-/m0/s1. The van der Waals surface area contributed by atoms with Crippen LogP contribution in [0, 0.1) is 16.0 Å². The summed E-state index contributed by atoms with van der Waals surface area (Å²) in [6.07, 6.45) is 0. The molecule has 0 fully saturated rings. The van der Waals surface area contributed by atoms with E-state index >= 15 is 0 Å². The van der Waals surface area contributed by atoms with Crippen LogP contribution < -0.4 is 5.73 Å². The molecule has 0 unspecified atom stereocenters. The Labute approximate surface area is 68.5 Å². The van der Waals surface area contributed by atoms with Crippen molar-refractivity contribution in [3.8, 4) is 0 Å². The topological polar surface area (TPSA) is 105 Å². The Bertz CT molecular complexity index is 181. The first kappa shape index (κ1) is 10.6. The van der Waals surface area contributed by atoms with Crippen LogP contribution in [0.4, 0.5) is 0 Å². The molecule has 12 heavy (non-hydrogen) atoms. The first-order valence-corrected chi connectivity index (χ1v) is 3.23. The van der Waals surface area contributed by atoms with Crippen LogP contribution in [0.25, 0.3) is 0 Å². The van der Waals surface area contributed by atoms with Gasteiger partial charge in [-0.2, -0.15) is 0 Å². The lowest BCUT2D eigenvalue weighted by Crippen LogP contribution is -2.37. The van der Waals surface area contributed by atoms with Gasteiger partial charge in [-0.15, -0.1) is 10.1 Å². The molecule has 0 aliphatic heterocycles. The Morgan fingerprint density at radius 2 is 2.08 bits per heavy atom. The van der Waals surface area contributed by atoms with Gasteiger partial charge in [0.15, 0.2) is 0 Å². The summed E-state index contributed by atoms with van der Waals surface area (Å²) < 4.78 is 0. The summed E-state index contributed by atoms with van der Waals surface area (Å²) in [6, 6.07) is -0.912. The van der Waals surface area contributed by atoms with Gasteiger partial charge in [-0.05, 0) is 5.92 Å². The number of carbonyl (C=O) groups excluding carboxylic acids is 1. The van der Waals surface area contributed by atoms with Crippen LogP contribution in [0.5, 0.6) is 0 Å². The molecule has 0 spiro atoms. The van der Waals surface area contributed by atoms with E-state index in [0.717, 1.165) is 0 Å². The normalized spacial score (nSPS) is 12.3. The second kappa shape index (κ2) is 4.50. The fourth-order valence-electron chi connectivity index (χ4n) is 0.395. The molecule has 0 saturated heterocycles. The van der Waals surface area contributed by atoms with Crippen LogP contribution in [0.2, 0.25) is 0 Å². The molecule has 0 aliphatic rings. The zero-order valence-corrected chi connectivity index (χ0v) is 6.72. The molecule has 0 rings (SSSR count). The number of nitrogens with two attached hydrogens (primary N) is 1. The number of hydrogen-bond donors (Lipinski definition) is 1. The van der Waals surface area contributed by atoms with Crippen LogP contribution >= 0.6 is 0 Å². The highest BCUT2D eigenvalue weighted by molar-refractivity contribution is 5.75. The summed E-state index contributed by atoms with van der Waals surface area (Å²) in [7, 11) is 0. The monoisotopic (exact) mass is 178 g/mol. The number of hydrogen-bond acceptors (Lipinski definition) is 6. The van der Waals surface area contributed by atoms with Crippen molar-refractivity contribution in [3.05, 3.63) is 10.1 Å². The second-order valence-electron chi connectivity index (χ2n) is 2.47. The maximum atomic E-state index is 10.7. The third-order valence-electron chi connectivity index (χ3n) is 1.17. The van der Waals surface area contributed by atoms with E-state index in [2.05, 4.69) is 9.88 Å². The highest BCUT2D eigenvalue weighted by Crippen LogP contribution is 2.00. The SMILES string of the molecule is CC(C)[C@H](N)C(=O)OO[N+](=O)[O-]. The minimum Gasteiger partial charge on any atom is -0.318 e. The second-order valence-corrected chi connectivity index (χ2v) is 2.47. The maximum Gasteiger partial charge on any atom is 0.359 e. The van der Waals surface area contributed by atoms with Gasteiger partial charge in [0.05, 0.1) is 0 Å². The molecule has 0 amide bonds. The largest absolute Gasteiger partial charge is 0.359 e. The van der Waals surface area contributed by atoms with Crippen molar-refractivity contribution in [2.75, 3.05) is 0 Å². The molecule has 0 bridgehead atoms. The Morgan fingerprint density at radius 3 is 2.42 bits per heavy atom. The van der Waals surface area contributed by atoms with E-state index in [9.17, 15) is 14.9 Å². The van der Waals surface area contributed by atoms with Gasteiger partial charge >= 0.3 is 11.1 Å². The Kier molecular flexibility index (Phi) is 3.98. The smallest absolute Gasteiger partial charge is 0.318 e. The fourth-order valence-corrected chi connectivity index (χ4v) is 0.395.